The van der Waals surface area contributed by atoms with Gasteiger partial charge in [0.05, 0.1) is 30.2 Å². The lowest BCUT2D eigenvalue weighted by atomic mass is 9.96. The summed E-state index contributed by atoms with van der Waals surface area (Å²) < 4.78 is 10.5. The summed E-state index contributed by atoms with van der Waals surface area (Å²) in [5, 5.41) is 20.5. The third-order valence-corrected chi connectivity index (χ3v) is 3.72. The predicted octanol–water partition coefficient (Wildman–Crippen LogP) is 1.20. The van der Waals surface area contributed by atoms with E-state index in [1.165, 1.54) is 24.3 Å². The summed E-state index contributed by atoms with van der Waals surface area (Å²) in [6.45, 7) is 2.45. The van der Waals surface area contributed by atoms with Crippen LogP contribution in [-0.2, 0) is 14.3 Å². The molecule has 0 bridgehead atoms. The first-order valence-corrected chi connectivity index (χ1v) is 8.39. The van der Waals surface area contributed by atoms with Crippen molar-refractivity contribution in [3.63, 3.8) is 0 Å². The molecule has 0 spiro atoms. The van der Waals surface area contributed by atoms with Gasteiger partial charge in [-0.25, -0.2) is 5.48 Å². The van der Waals surface area contributed by atoms with Crippen molar-refractivity contribution in [2.24, 2.45) is 5.92 Å². The fourth-order valence-electron chi connectivity index (χ4n) is 2.33. The number of benzene rings is 1. The van der Waals surface area contributed by atoms with Gasteiger partial charge in [0.15, 0.2) is 0 Å². The molecule has 2 atom stereocenters. The van der Waals surface area contributed by atoms with Crippen LogP contribution in [0, 0.1) is 29.6 Å². The van der Waals surface area contributed by atoms with Gasteiger partial charge in [-0.15, -0.1) is 12.3 Å². The van der Waals surface area contributed by atoms with Gasteiger partial charge in [0.25, 0.3) is 5.91 Å². The summed E-state index contributed by atoms with van der Waals surface area (Å²) in [6, 6.07) is 7.58. The number of hydrogen-bond acceptors (Lipinski definition) is 6. The highest BCUT2D eigenvalue weighted by molar-refractivity contribution is 5.94. The van der Waals surface area contributed by atoms with Crippen LogP contribution < -0.4 is 10.8 Å². The number of amides is 2. The summed E-state index contributed by atoms with van der Waals surface area (Å²) in [6.07, 6.45) is 5.55. The van der Waals surface area contributed by atoms with Gasteiger partial charge in [-0.2, -0.15) is 5.26 Å². The number of nitrogens with one attached hydrogen (secondary N) is 2. The summed E-state index contributed by atoms with van der Waals surface area (Å²) in [4.78, 5) is 24.2. The molecule has 0 saturated carbocycles. The molecular weight excluding hydrogens is 350 g/mol. The van der Waals surface area contributed by atoms with E-state index >= 15 is 0 Å². The van der Waals surface area contributed by atoms with Crippen molar-refractivity contribution in [3.8, 4) is 18.4 Å². The Kier molecular flexibility index (Phi) is 10.2. The second-order valence-corrected chi connectivity index (χ2v) is 5.66. The number of carbonyl (C=O) groups excluding carboxylic acids is 2. The van der Waals surface area contributed by atoms with Crippen LogP contribution in [0.1, 0.15) is 35.7 Å². The molecule has 0 saturated heterocycles. The first-order valence-electron chi connectivity index (χ1n) is 8.39. The highest BCUT2D eigenvalue weighted by Crippen LogP contribution is 2.13. The van der Waals surface area contributed by atoms with Crippen LogP contribution in [0.2, 0.25) is 0 Å². The van der Waals surface area contributed by atoms with Gasteiger partial charge >= 0.3 is 0 Å². The Balaban J connectivity index is 2.82. The summed E-state index contributed by atoms with van der Waals surface area (Å²) in [5.74, 6) is 0.679. The maximum absolute atomic E-state index is 12.5. The zero-order valence-electron chi connectivity index (χ0n) is 15.1. The quantitative estimate of drug-likeness (QED) is 0.176. The highest BCUT2D eigenvalue weighted by atomic mass is 16.7. The Bertz CT molecular complexity index is 691. The van der Waals surface area contributed by atoms with E-state index in [-0.39, 0.29) is 32.1 Å². The van der Waals surface area contributed by atoms with Crippen LogP contribution in [-0.4, -0.2) is 43.1 Å². The summed E-state index contributed by atoms with van der Waals surface area (Å²) in [5.41, 5.74) is 2.39. The standard InChI is InChI=1S/C19H23N3O5/c1-3-5-16(19(24)22-25)10-17(12-27-13-26-4-2)21-18(23)15-8-6-14(11-20)7-9-15/h1,6-9,16-17,25H,4-5,10,12-13H2,2H3,(H,21,23)(H,22,24)/t16-,17-/m0/s1. The Hall–Kier alpha value is -2.91. The maximum Gasteiger partial charge on any atom is 0.251 e. The van der Waals surface area contributed by atoms with Crippen LogP contribution in [0.3, 0.4) is 0 Å². The first-order chi connectivity index (χ1) is 13.0. The van der Waals surface area contributed by atoms with Crippen molar-refractivity contribution in [2.75, 3.05) is 20.0 Å². The topological polar surface area (TPSA) is 121 Å². The van der Waals surface area contributed by atoms with Crippen molar-refractivity contribution < 1.29 is 24.3 Å². The van der Waals surface area contributed by atoms with Gasteiger partial charge in [0.1, 0.15) is 6.79 Å². The number of rotatable bonds is 11. The molecule has 0 unspecified atom stereocenters. The van der Waals surface area contributed by atoms with Gasteiger partial charge in [-0.1, -0.05) is 0 Å². The average Bonchev–Trinajstić information content (AvgIpc) is 2.70. The molecule has 0 fully saturated rings. The monoisotopic (exact) mass is 373 g/mol. The van der Waals surface area contributed by atoms with Crippen LogP contribution in [0.5, 0.6) is 0 Å². The zero-order valence-corrected chi connectivity index (χ0v) is 15.1. The summed E-state index contributed by atoms with van der Waals surface area (Å²) in [7, 11) is 0. The average molecular weight is 373 g/mol. The lowest BCUT2D eigenvalue weighted by Gasteiger charge is -2.22. The molecule has 3 N–H and O–H groups in total. The SMILES string of the molecule is C#CC[C@@H](C[C@@H](COCOCC)NC(=O)c1ccc(C#N)cc1)C(=O)NO. The van der Waals surface area contributed by atoms with E-state index in [1.807, 2.05) is 13.0 Å². The smallest absolute Gasteiger partial charge is 0.251 e. The third-order valence-electron chi connectivity index (χ3n) is 3.72. The van der Waals surface area contributed by atoms with Crippen LogP contribution in [0.15, 0.2) is 24.3 Å². The number of nitrogens with zero attached hydrogens (tertiary/aromatic N) is 1. The summed E-state index contributed by atoms with van der Waals surface area (Å²) >= 11 is 0. The minimum Gasteiger partial charge on any atom is -0.356 e. The molecule has 0 aliphatic rings. The molecular formula is C19H23N3O5. The van der Waals surface area contributed by atoms with Gasteiger partial charge in [-0.3, -0.25) is 14.8 Å². The van der Waals surface area contributed by atoms with E-state index in [2.05, 4.69) is 11.2 Å². The Morgan fingerprint density at radius 3 is 2.56 bits per heavy atom. The van der Waals surface area contributed by atoms with Gasteiger partial charge in [0, 0.05) is 18.6 Å². The Morgan fingerprint density at radius 1 is 1.30 bits per heavy atom. The van der Waals surface area contributed by atoms with Gasteiger partial charge in [-0.05, 0) is 37.6 Å². The fraction of sp³-hybridized carbons (Fsp3) is 0.421. The number of terminal acetylenes is 1. The zero-order chi connectivity index (χ0) is 20.1. The molecule has 1 rings (SSSR count). The second kappa shape index (κ2) is 12.4. The minimum atomic E-state index is -0.693. The molecule has 0 radical (unpaired) electrons. The fourth-order valence-corrected chi connectivity index (χ4v) is 2.33. The Morgan fingerprint density at radius 2 is 2.00 bits per heavy atom. The molecule has 0 aliphatic heterocycles. The van der Waals surface area contributed by atoms with E-state index in [1.54, 1.807) is 5.48 Å². The molecule has 27 heavy (non-hydrogen) atoms. The van der Waals surface area contributed by atoms with E-state index in [4.69, 9.17) is 26.4 Å². The lowest BCUT2D eigenvalue weighted by Crippen LogP contribution is -2.42. The van der Waals surface area contributed by atoms with E-state index in [0.29, 0.717) is 17.7 Å². The number of ether oxygens (including phenoxy) is 2. The maximum atomic E-state index is 12.5. The predicted molar refractivity (Wildman–Crippen MR) is 96.3 cm³/mol. The molecule has 144 valence electrons. The lowest BCUT2D eigenvalue weighted by molar-refractivity contribution is -0.133. The normalized spacial score (nSPS) is 12.3. The molecule has 0 aliphatic carbocycles. The van der Waals surface area contributed by atoms with Crippen LogP contribution >= 0.6 is 0 Å². The van der Waals surface area contributed by atoms with Crippen molar-refractivity contribution in [2.45, 2.75) is 25.8 Å². The second-order valence-electron chi connectivity index (χ2n) is 5.66. The van der Waals surface area contributed by atoms with Crippen LogP contribution in [0.25, 0.3) is 0 Å². The molecule has 2 amide bonds. The van der Waals surface area contributed by atoms with Crippen molar-refractivity contribution in [1.29, 1.82) is 5.26 Å². The first kappa shape index (κ1) is 22.1. The van der Waals surface area contributed by atoms with E-state index in [9.17, 15) is 9.59 Å². The number of nitriles is 1. The Labute approximate surface area is 158 Å². The van der Waals surface area contributed by atoms with Crippen molar-refractivity contribution in [1.82, 2.24) is 10.8 Å². The molecule has 8 heteroatoms. The molecule has 0 heterocycles. The molecule has 0 aromatic heterocycles. The van der Waals surface area contributed by atoms with Gasteiger partial charge in [0.2, 0.25) is 5.91 Å². The third kappa shape index (κ3) is 7.89. The van der Waals surface area contributed by atoms with Crippen LogP contribution in [0.4, 0.5) is 0 Å². The molecule has 1 aromatic carbocycles. The van der Waals surface area contributed by atoms with Gasteiger partial charge < -0.3 is 14.8 Å². The van der Waals surface area contributed by atoms with Crippen molar-refractivity contribution >= 4 is 11.8 Å². The molecule has 1 aromatic rings. The number of hydrogen-bond donors (Lipinski definition) is 3. The highest BCUT2D eigenvalue weighted by Gasteiger charge is 2.24. The van der Waals surface area contributed by atoms with E-state index < -0.39 is 17.9 Å². The van der Waals surface area contributed by atoms with Crippen molar-refractivity contribution in [3.05, 3.63) is 35.4 Å². The minimum absolute atomic E-state index is 0.0474. The van der Waals surface area contributed by atoms with E-state index in [0.717, 1.165) is 0 Å². The largest absolute Gasteiger partial charge is 0.356 e. The number of carbonyl (C=O) groups is 2. The number of hydroxylamine groups is 1. The molecule has 8 nitrogen and oxygen atoms in total.